The Morgan fingerprint density at radius 1 is 1.36 bits per heavy atom. The van der Waals surface area contributed by atoms with Crippen molar-refractivity contribution in [3.63, 3.8) is 0 Å². The predicted octanol–water partition coefficient (Wildman–Crippen LogP) is 1.86. The van der Waals surface area contributed by atoms with E-state index in [1.807, 2.05) is 0 Å². The van der Waals surface area contributed by atoms with Gasteiger partial charge in [-0.15, -0.1) is 0 Å². The van der Waals surface area contributed by atoms with Gasteiger partial charge in [0, 0.05) is 39.1 Å². The minimum atomic E-state index is -4.42. The van der Waals surface area contributed by atoms with E-state index in [2.05, 4.69) is 20.4 Å². The zero-order chi connectivity index (χ0) is 16.4. The van der Waals surface area contributed by atoms with Crippen LogP contribution in [0.3, 0.4) is 0 Å². The maximum absolute atomic E-state index is 12.0. The summed E-state index contributed by atoms with van der Waals surface area (Å²) in [4.78, 5) is 15.1. The fourth-order valence-electron chi connectivity index (χ4n) is 1.46. The fourth-order valence-corrected chi connectivity index (χ4v) is 1.46. The number of nitrogens with one attached hydrogen (secondary N) is 2. The normalized spacial score (nSPS) is 11.1. The van der Waals surface area contributed by atoms with Gasteiger partial charge >= 0.3 is 12.2 Å². The van der Waals surface area contributed by atoms with Crippen molar-refractivity contribution in [2.24, 2.45) is 0 Å². The summed E-state index contributed by atoms with van der Waals surface area (Å²) in [5.41, 5.74) is 0.583. The zero-order valence-electron chi connectivity index (χ0n) is 12.1. The summed E-state index contributed by atoms with van der Waals surface area (Å²) in [5.74, 6) is -0.142. The number of carbonyl (C=O) groups excluding carboxylic acids is 1. The fraction of sp³-hybridized carbons (Fsp3) is 0.538. The van der Waals surface area contributed by atoms with Gasteiger partial charge in [-0.25, -0.2) is 9.78 Å². The molecule has 6 nitrogen and oxygen atoms in total. The van der Waals surface area contributed by atoms with Gasteiger partial charge in [0.25, 0.3) is 0 Å². The Morgan fingerprint density at radius 3 is 2.82 bits per heavy atom. The van der Waals surface area contributed by atoms with Crippen LogP contribution in [0.2, 0.25) is 0 Å². The Hall–Kier alpha value is -2.03. The number of pyridine rings is 1. The number of halogens is 3. The van der Waals surface area contributed by atoms with Gasteiger partial charge in [0.05, 0.1) is 0 Å². The summed E-state index contributed by atoms with van der Waals surface area (Å²) in [6.45, 7) is -0.238. The average molecular weight is 321 g/mol. The van der Waals surface area contributed by atoms with Gasteiger partial charge in [0.2, 0.25) is 5.88 Å². The third-order valence-corrected chi connectivity index (χ3v) is 2.45. The van der Waals surface area contributed by atoms with E-state index in [9.17, 15) is 18.0 Å². The smallest absolute Gasteiger partial charge is 0.422 e. The minimum absolute atomic E-state index is 0.142. The van der Waals surface area contributed by atoms with E-state index in [1.54, 1.807) is 13.2 Å². The Morgan fingerprint density at radius 2 is 2.14 bits per heavy atom. The molecule has 2 N–H and O–H groups in total. The molecule has 0 unspecified atom stereocenters. The predicted molar refractivity (Wildman–Crippen MR) is 72.5 cm³/mol. The van der Waals surface area contributed by atoms with Gasteiger partial charge in [0.1, 0.15) is 0 Å². The molecule has 1 aromatic heterocycles. The molecular formula is C13H18F3N3O3. The van der Waals surface area contributed by atoms with Crippen LogP contribution in [0.4, 0.5) is 18.0 Å². The number of ether oxygens (including phenoxy) is 2. The molecule has 0 fully saturated rings. The highest BCUT2D eigenvalue weighted by Gasteiger charge is 2.28. The second-order valence-electron chi connectivity index (χ2n) is 4.36. The lowest BCUT2D eigenvalue weighted by Crippen LogP contribution is -2.35. The Kier molecular flexibility index (Phi) is 7.44. The first-order valence-electron chi connectivity index (χ1n) is 6.56. The first-order chi connectivity index (χ1) is 10.4. The van der Waals surface area contributed by atoms with E-state index in [4.69, 9.17) is 4.74 Å². The van der Waals surface area contributed by atoms with Crippen LogP contribution < -0.4 is 15.4 Å². The monoisotopic (exact) mass is 321 g/mol. The summed E-state index contributed by atoms with van der Waals surface area (Å²) in [5, 5.41) is 5.20. The maximum atomic E-state index is 12.0. The molecule has 0 aliphatic rings. The van der Waals surface area contributed by atoms with Crippen LogP contribution in [0.5, 0.6) is 5.88 Å². The molecule has 0 aliphatic carbocycles. The number of methoxy groups -OCH3 is 1. The molecule has 0 saturated carbocycles. The zero-order valence-corrected chi connectivity index (χ0v) is 12.1. The molecule has 0 aliphatic heterocycles. The van der Waals surface area contributed by atoms with Crippen molar-refractivity contribution in [3.05, 3.63) is 23.9 Å². The van der Waals surface area contributed by atoms with Gasteiger partial charge in [0.15, 0.2) is 6.61 Å². The maximum Gasteiger partial charge on any atom is 0.422 e. The van der Waals surface area contributed by atoms with Crippen LogP contribution in [-0.2, 0) is 11.3 Å². The highest BCUT2D eigenvalue weighted by Crippen LogP contribution is 2.17. The number of carbonyl (C=O) groups is 1. The Bertz CT molecular complexity index is 469. The number of amides is 2. The third-order valence-electron chi connectivity index (χ3n) is 2.45. The number of rotatable bonds is 8. The van der Waals surface area contributed by atoms with Crippen molar-refractivity contribution < 1.29 is 27.4 Å². The van der Waals surface area contributed by atoms with E-state index in [0.29, 0.717) is 25.1 Å². The number of urea groups is 1. The van der Waals surface area contributed by atoms with Crippen molar-refractivity contribution in [2.45, 2.75) is 19.1 Å². The lowest BCUT2D eigenvalue weighted by Gasteiger charge is -2.10. The van der Waals surface area contributed by atoms with Gasteiger partial charge in [-0.1, -0.05) is 0 Å². The van der Waals surface area contributed by atoms with E-state index in [-0.39, 0.29) is 18.5 Å². The number of hydrogen-bond acceptors (Lipinski definition) is 4. The Balaban J connectivity index is 2.35. The second kappa shape index (κ2) is 9.08. The van der Waals surface area contributed by atoms with Gasteiger partial charge in [-0.2, -0.15) is 13.2 Å². The molecular weight excluding hydrogens is 303 g/mol. The van der Waals surface area contributed by atoms with Gasteiger partial charge < -0.3 is 20.1 Å². The van der Waals surface area contributed by atoms with E-state index >= 15 is 0 Å². The van der Waals surface area contributed by atoms with E-state index in [1.165, 1.54) is 12.3 Å². The summed E-state index contributed by atoms with van der Waals surface area (Å²) in [7, 11) is 1.57. The van der Waals surface area contributed by atoms with Crippen LogP contribution >= 0.6 is 0 Å². The minimum Gasteiger partial charge on any atom is -0.468 e. The van der Waals surface area contributed by atoms with Crippen molar-refractivity contribution in [3.8, 4) is 5.88 Å². The summed E-state index contributed by atoms with van der Waals surface area (Å²) < 4.78 is 45.5. The molecule has 1 rings (SSSR count). The standard InChI is InChI=1S/C13H18F3N3O3/c1-21-6-2-4-18-12(20)19-8-10-3-5-17-11(7-10)22-9-13(14,15)16/h3,5,7H,2,4,6,8-9H2,1H3,(H2,18,19,20). The molecule has 124 valence electrons. The number of aromatic nitrogens is 1. The van der Waals surface area contributed by atoms with Crippen LogP contribution in [0, 0.1) is 0 Å². The van der Waals surface area contributed by atoms with Crippen LogP contribution in [-0.4, -0.2) is 44.1 Å². The van der Waals surface area contributed by atoms with E-state index in [0.717, 1.165) is 0 Å². The van der Waals surface area contributed by atoms with Crippen LogP contribution in [0.25, 0.3) is 0 Å². The van der Waals surface area contributed by atoms with Crippen LogP contribution in [0.1, 0.15) is 12.0 Å². The lowest BCUT2D eigenvalue weighted by molar-refractivity contribution is -0.154. The first kappa shape index (κ1) is 18.0. The molecule has 0 radical (unpaired) electrons. The molecule has 0 saturated heterocycles. The second-order valence-corrected chi connectivity index (χ2v) is 4.36. The van der Waals surface area contributed by atoms with E-state index < -0.39 is 12.8 Å². The number of nitrogens with zero attached hydrogens (tertiary/aromatic N) is 1. The molecule has 0 bridgehead atoms. The van der Waals surface area contributed by atoms with Crippen molar-refractivity contribution in [1.82, 2.24) is 15.6 Å². The van der Waals surface area contributed by atoms with Crippen molar-refractivity contribution in [2.75, 3.05) is 26.9 Å². The van der Waals surface area contributed by atoms with Gasteiger partial charge in [-0.05, 0) is 18.1 Å². The largest absolute Gasteiger partial charge is 0.468 e. The molecule has 9 heteroatoms. The quantitative estimate of drug-likeness (QED) is 0.717. The molecule has 0 spiro atoms. The third kappa shape index (κ3) is 8.30. The molecule has 0 atom stereocenters. The summed E-state index contributed by atoms with van der Waals surface area (Å²) in [6, 6.07) is 2.55. The summed E-state index contributed by atoms with van der Waals surface area (Å²) >= 11 is 0. The van der Waals surface area contributed by atoms with Crippen molar-refractivity contribution in [1.29, 1.82) is 0 Å². The first-order valence-corrected chi connectivity index (χ1v) is 6.56. The lowest BCUT2D eigenvalue weighted by atomic mass is 10.2. The molecule has 1 aromatic rings. The van der Waals surface area contributed by atoms with Gasteiger partial charge in [-0.3, -0.25) is 0 Å². The molecule has 0 aromatic carbocycles. The SMILES string of the molecule is COCCCNC(=O)NCc1ccnc(OCC(F)(F)F)c1. The number of alkyl halides is 3. The highest BCUT2D eigenvalue weighted by atomic mass is 19.4. The van der Waals surface area contributed by atoms with Crippen molar-refractivity contribution >= 4 is 6.03 Å². The summed E-state index contributed by atoms with van der Waals surface area (Å²) in [6.07, 6.45) is -2.41. The molecule has 2 amide bonds. The molecule has 22 heavy (non-hydrogen) atoms. The van der Waals surface area contributed by atoms with Crippen LogP contribution in [0.15, 0.2) is 18.3 Å². The highest BCUT2D eigenvalue weighted by molar-refractivity contribution is 5.73. The average Bonchev–Trinajstić information content (AvgIpc) is 2.47. The number of hydrogen-bond donors (Lipinski definition) is 2. The topological polar surface area (TPSA) is 72.5 Å². The Labute approximate surface area is 126 Å². The molecule has 1 heterocycles.